The average Bonchev–Trinajstić information content (AvgIpc) is 2.96. The molecule has 2 fully saturated rings. The van der Waals surface area contributed by atoms with E-state index in [2.05, 4.69) is 31.0 Å². The highest BCUT2D eigenvalue weighted by molar-refractivity contribution is 14.0. The van der Waals surface area contributed by atoms with Gasteiger partial charge in [0.15, 0.2) is 5.96 Å². The van der Waals surface area contributed by atoms with Gasteiger partial charge in [-0.05, 0) is 56.3 Å². The third-order valence-corrected chi connectivity index (χ3v) is 6.19. The summed E-state index contributed by atoms with van der Waals surface area (Å²) < 4.78 is 0. The van der Waals surface area contributed by atoms with E-state index in [4.69, 9.17) is 4.99 Å². The Labute approximate surface area is 159 Å². The molecule has 2 N–H and O–H groups in total. The summed E-state index contributed by atoms with van der Waals surface area (Å²) >= 11 is 0. The lowest BCUT2D eigenvalue weighted by atomic mass is 9.68. The SMILES string of the molecule is CCNC(=NCC(CC)(CC)CCO)N1CCC2(CCC2)C1.I. The standard InChI is InChI=1S/C18H35N3O.HI/c1-4-17(5-2,11-13-22)14-20-16(19-6-3)21-12-10-18(15-21)8-7-9-18;/h22H,4-15H2,1-3H3,(H,19,20);1H. The molecule has 0 aromatic heterocycles. The Morgan fingerprint density at radius 3 is 2.35 bits per heavy atom. The third-order valence-electron chi connectivity index (χ3n) is 6.19. The van der Waals surface area contributed by atoms with Gasteiger partial charge in [-0.2, -0.15) is 0 Å². The lowest BCUT2D eigenvalue weighted by molar-refractivity contribution is 0.151. The lowest BCUT2D eigenvalue weighted by Gasteiger charge is -2.38. The maximum Gasteiger partial charge on any atom is 0.193 e. The molecule has 136 valence electrons. The van der Waals surface area contributed by atoms with Crippen LogP contribution >= 0.6 is 24.0 Å². The second-order valence-electron chi connectivity index (χ2n) is 7.38. The fourth-order valence-electron chi connectivity index (χ4n) is 4.01. The van der Waals surface area contributed by atoms with Crippen LogP contribution in [0, 0.1) is 10.8 Å². The van der Waals surface area contributed by atoms with Crippen LogP contribution < -0.4 is 5.32 Å². The van der Waals surface area contributed by atoms with Crippen molar-refractivity contribution in [2.45, 2.75) is 65.7 Å². The second kappa shape index (κ2) is 9.44. The average molecular weight is 437 g/mol. The molecule has 1 aliphatic heterocycles. The Balaban J connectivity index is 0.00000264. The van der Waals surface area contributed by atoms with Gasteiger partial charge in [0, 0.05) is 32.8 Å². The number of rotatable bonds is 7. The van der Waals surface area contributed by atoms with Crippen LogP contribution in [0.25, 0.3) is 0 Å². The van der Waals surface area contributed by atoms with Crippen LogP contribution in [0.4, 0.5) is 0 Å². The predicted octanol–water partition coefficient (Wildman–Crippen LogP) is 3.63. The second-order valence-corrected chi connectivity index (χ2v) is 7.38. The van der Waals surface area contributed by atoms with Crippen molar-refractivity contribution in [1.29, 1.82) is 0 Å². The van der Waals surface area contributed by atoms with Gasteiger partial charge in [0.25, 0.3) is 0 Å². The highest BCUT2D eigenvalue weighted by atomic mass is 127. The van der Waals surface area contributed by atoms with Crippen molar-refractivity contribution in [3.05, 3.63) is 0 Å². The van der Waals surface area contributed by atoms with Crippen LogP contribution in [0.3, 0.4) is 0 Å². The Kier molecular flexibility index (Phi) is 8.63. The number of nitrogens with zero attached hydrogens (tertiary/aromatic N) is 2. The quantitative estimate of drug-likeness (QED) is 0.363. The van der Waals surface area contributed by atoms with Gasteiger partial charge in [0.1, 0.15) is 0 Å². The minimum atomic E-state index is 0. The number of aliphatic imine (C=N–C) groups is 1. The Hall–Kier alpha value is -0.0400. The van der Waals surface area contributed by atoms with E-state index in [0.717, 1.165) is 44.9 Å². The van der Waals surface area contributed by atoms with Gasteiger partial charge in [-0.15, -0.1) is 24.0 Å². The van der Waals surface area contributed by atoms with Crippen LogP contribution in [0.5, 0.6) is 0 Å². The van der Waals surface area contributed by atoms with Gasteiger partial charge in [-0.1, -0.05) is 20.3 Å². The number of likely N-dealkylation sites (tertiary alicyclic amines) is 1. The van der Waals surface area contributed by atoms with E-state index >= 15 is 0 Å². The molecule has 1 aliphatic carbocycles. The molecule has 0 aromatic rings. The normalized spacial score (nSPS) is 20.3. The van der Waals surface area contributed by atoms with E-state index in [1.807, 2.05) is 0 Å². The molecule has 4 nitrogen and oxygen atoms in total. The first kappa shape index (κ1) is 21.0. The van der Waals surface area contributed by atoms with Crippen LogP contribution in [-0.4, -0.2) is 48.8 Å². The minimum Gasteiger partial charge on any atom is -0.396 e. The summed E-state index contributed by atoms with van der Waals surface area (Å²) in [5.74, 6) is 1.09. The van der Waals surface area contributed by atoms with E-state index in [1.54, 1.807) is 0 Å². The Bertz CT molecular complexity index is 378. The highest BCUT2D eigenvalue weighted by Gasteiger charge is 2.43. The molecule has 0 unspecified atom stereocenters. The molecule has 0 radical (unpaired) electrons. The lowest BCUT2D eigenvalue weighted by Crippen LogP contribution is -2.43. The predicted molar refractivity (Wildman–Crippen MR) is 109 cm³/mol. The molecule has 5 heteroatoms. The van der Waals surface area contributed by atoms with Crippen molar-refractivity contribution in [1.82, 2.24) is 10.2 Å². The van der Waals surface area contributed by atoms with E-state index in [0.29, 0.717) is 5.41 Å². The summed E-state index contributed by atoms with van der Waals surface area (Å²) in [6, 6.07) is 0. The molecular weight excluding hydrogens is 401 g/mol. The van der Waals surface area contributed by atoms with Crippen LogP contribution in [0.15, 0.2) is 4.99 Å². The van der Waals surface area contributed by atoms with E-state index in [1.165, 1.54) is 32.2 Å². The summed E-state index contributed by atoms with van der Waals surface area (Å²) in [4.78, 5) is 7.44. The summed E-state index contributed by atoms with van der Waals surface area (Å²) in [7, 11) is 0. The van der Waals surface area contributed by atoms with Crippen LogP contribution in [-0.2, 0) is 0 Å². The number of hydrogen-bond acceptors (Lipinski definition) is 2. The van der Waals surface area contributed by atoms with E-state index in [-0.39, 0.29) is 36.0 Å². The monoisotopic (exact) mass is 437 g/mol. The molecule has 2 rings (SSSR count). The zero-order valence-electron chi connectivity index (χ0n) is 15.2. The first-order valence-corrected chi connectivity index (χ1v) is 9.27. The fraction of sp³-hybridized carbons (Fsp3) is 0.944. The fourth-order valence-corrected chi connectivity index (χ4v) is 4.01. The molecule has 1 spiro atoms. The molecular formula is C18H36IN3O. The smallest absolute Gasteiger partial charge is 0.193 e. The van der Waals surface area contributed by atoms with Gasteiger partial charge in [-0.25, -0.2) is 0 Å². The highest BCUT2D eigenvalue weighted by Crippen LogP contribution is 2.47. The molecule has 2 aliphatic rings. The van der Waals surface area contributed by atoms with Crippen molar-refractivity contribution >= 4 is 29.9 Å². The molecule has 1 saturated heterocycles. The number of nitrogens with one attached hydrogen (secondary N) is 1. The number of aliphatic hydroxyl groups is 1. The van der Waals surface area contributed by atoms with Crippen molar-refractivity contribution in [3.63, 3.8) is 0 Å². The molecule has 0 bridgehead atoms. The number of halogens is 1. The number of hydrogen-bond donors (Lipinski definition) is 2. The van der Waals surface area contributed by atoms with Crippen LogP contribution in [0.1, 0.15) is 65.7 Å². The van der Waals surface area contributed by atoms with Crippen molar-refractivity contribution in [3.8, 4) is 0 Å². The molecule has 1 heterocycles. The van der Waals surface area contributed by atoms with Crippen molar-refractivity contribution in [2.75, 3.05) is 32.8 Å². The molecule has 0 aromatic carbocycles. The van der Waals surface area contributed by atoms with Gasteiger partial charge < -0.3 is 15.3 Å². The Morgan fingerprint density at radius 1 is 1.22 bits per heavy atom. The number of guanidine groups is 1. The minimum absolute atomic E-state index is 0. The zero-order valence-corrected chi connectivity index (χ0v) is 17.6. The zero-order chi connectivity index (χ0) is 16.1. The molecule has 1 saturated carbocycles. The van der Waals surface area contributed by atoms with Gasteiger partial charge >= 0.3 is 0 Å². The summed E-state index contributed by atoms with van der Waals surface area (Å²) in [6.45, 7) is 10.9. The third kappa shape index (κ3) is 4.97. The molecule has 0 atom stereocenters. The molecule has 0 amide bonds. The van der Waals surface area contributed by atoms with Gasteiger partial charge in [0.05, 0.1) is 0 Å². The van der Waals surface area contributed by atoms with E-state index in [9.17, 15) is 5.11 Å². The van der Waals surface area contributed by atoms with Gasteiger partial charge in [0.2, 0.25) is 0 Å². The van der Waals surface area contributed by atoms with Crippen LogP contribution in [0.2, 0.25) is 0 Å². The summed E-state index contributed by atoms with van der Waals surface area (Å²) in [6.07, 6.45) is 8.57. The summed E-state index contributed by atoms with van der Waals surface area (Å²) in [5.41, 5.74) is 0.761. The first-order valence-electron chi connectivity index (χ1n) is 9.27. The maximum atomic E-state index is 9.38. The Morgan fingerprint density at radius 2 is 1.91 bits per heavy atom. The largest absolute Gasteiger partial charge is 0.396 e. The topological polar surface area (TPSA) is 47.9 Å². The molecule has 23 heavy (non-hydrogen) atoms. The van der Waals surface area contributed by atoms with Crippen molar-refractivity contribution in [2.24, 2.45) is 15.8 Å². The number of aliphatic hydroxyl groups excluding tert-OH is 1. The van der Waals surface area contributed by atoms with Crippen molar-refractivity contribution < 1.29 is 5.11 Å². The maximum absolute atomic E-state index is 9.38. The summed E-state index contributed by atoms with van der Waals surface area (Å²) in [5, 5.41) is 12.9. The van der Waals surface area contributed by atoms with E-state index < -0.39 is 0 Å². The van der Waals surface area contributed by atoms with Gasteiger partial charge in [-0.3, -0.25) is 4.99 Å². The first-order chi connectivity index (χ1) is 10.6.